The molecule has 0 radical (unpaired) electrons. The van der Waals surface area contributed by atoms with E-state index in [9.17, 15) is 13.2 Å². The van der Waals surface area contributed by atoms with Gasteiger partial charge in [0.2, 0.25) is 0 Å². The monoisotopic (exact) mass is 415 g/mol. The maximum atomic E-state index is 12.8. The second-order valence-electron chi connectivity index (χ2n) is 6.44. The van der Waals surface area contributed by atoms with Crippen LogP contribution in [0.25, 0.3) is 20.4 Å². The Kier molecular flexibility index (Phi) is 4.64. The van der Waals surface area contributed by atoms with E-state index in [0.29, 0.717) is 10.2 Å². The number of hydrogen-bond donors (Lipinski definition) is 0. The fraction of sp³-hybridized carbons (Fsp3) is 0.211. The topological polar surface area (TPSA) is 91.2 Å². The van der Waals surface area contributed by atoms with E-state index in [1.807, 2.05) is 19.9 Å². The minimum atomic E-state index is -3.84. The molecule has 0 aliphatic heterocycles. The molecule has 4 aromatic rings. The highest BCUT2D eigenvalue weighted by Gasteiger charge is 2.17. The lowest BCUT2D eigenvalue weighted by Crippen LogP contribution is -2.25. The molecular weight excluding hydrogens is 398 g/mol. The Bertz CT molecular complexity index is 1340. The molecule has 0 atom stereocenters. The standard InChI is InChI=1S/C19H17N3O4S2/c1-12-10-13(2)21-18-15(12)16-17(27-18)19(23)22(11-20-16)8-9-28(24,25)26-14-6-4-3-5-7-14/h3-7,10-11H,8-9H2,1-2H3. The van der Waals surface area contributed by atoms with Gasteiger partial charge in [-0.05, 0) is 37.6 Å². The molecule has 0 aliphatic carbocycles. The van der Waals surface area contributed by atoms with Crippen LogP contribution in [0, 0.1) is 13.8 Å². The highest BCUT2D eigenvalue weighted by atomic mass is 32.2. The summed E-state index contributed by atoms with van der Waals surface area (Å²) in [4.78, 5) is 22.5. The summed E-state index contributed by atoms with van der Waals surface area (Å²) >= 11 is 1.28. The second kappa shape index (κ2) is 6.99. The predicted octanol–water partition coefficient (Wildman–Crippen LogP) is 3.03. The first kappa shape index (κ1) is 18.6. The number of pyridine rings is 1. The maximum Gasteiger partial charge on any atom is 0.310 e. The zero-order valence-electron chi connectivity index (χ0n) is 15.2. The highest BCUT2D eigenvalue weighted by Crippen LogP contribution is 2.31. The van der Waals surface area contributed by atoms with Crippen molar-refractivity contribution in [3.05, 3.63) is 64.3 Å². The van der Waals surface area contributed by atoms with Gasteiger partial charge in [-0.15, -0.1) is 11.3 Å². The Morgan fingerprint density at radius 2 is 1.93 bits per heavy atom. The van der Waals surface area contributed by atoms with Gasteiger partial charge in [0.05, 0.1) is 11.8 Å². The molecule has 0 fully saturated rings. The fourth-order valence-electron chi connectivity index (χ4n) is 3.04. The van der Waals surface area contributed by atoms with E-state index < -0.39 is 10.1 Å². The first-order valence-electron chi connectivity index (χ1n) is 8.57. The van der Waals surface area contributed by atoms with Crippen molar-refractivity contribution in [3.63, 3.8) is 0 Å². The molecule has 0 N–H and O–H groups in total. The van der Waals surface area contributed by atoms with Gasteiger partial charge in [-0.1, -0.05) is 18.2 Å². The van der Waals surface area contributed by atoms with Crippen LogP contribution in [-0.2, 0) is 16.7 Å². The summed E-state index contributed by atoms with van der Waals surface area (Å²) in [7, 11) is -3.84. The van der Waals surface area contributed by atoms with Crippen LogP contribution in [0.2, 0.25) is 0 Å². The van der Waals surface area contributed by atoms with Crippen molar-refractivity contribution in [3.8, 4) is 5.75 Å². The van der Waals surface area contributed by atoms with Gasteiger partial charge >= 0.3 is 10.1 Å². The van der Waals surface area contributed by atoms with Gasteiger partial charge < -0.3 is 4.18 Å². The molecule has 0 bridgehead atoms. The number of aryl methyl sites for hydroxylation is 3. The summed E-state index contributed by atoms with van der Waals surface area (Å²) in [6, 6.07) is 10.2. The lowest BCUT2D eigenvalue weighted by atomic mass is 10.1. The Morgan fingerprint density at radius 1 is 1.18 bits per heavy atom. The summed E-state index contributed by atoms with van der Waals surface area (Å²) in [5.41, 5.74) is 2.22. The smallest absolute Gasteiger partial charge is 0.310 e. The normalized spacial score (nSPS) is 11.9. The van der Waals surface area contributed by atoms with Crippen LogP contribution in [0.1, 0.15) is 11.3 Å². The zero-order chi connectivity index (χ0) is 19.9. The van der Waals surface area contributed by atoms with Crippen molar-refractivity contribution >= 4 is 41.9 Å². The third-order valence-electron chi connectivity index (χ3n) is 4.29. The number of hydrogen-bond acceptors (Lipinski definition) is 7. The van der Waals surface area contributed by atoms with Crippen LogP contribution >= 0.6 is 11.3 Å². The first-order chi connectivity index (χ1) is 13.3. The molecule has 7 nitrogen and oxygen atoms in total. The number of benzene rings is 1. The van der Waals surface area contributed by atoms with E-state index in [-0.39, 0.29) is 23.6 Å². The van der Waals surface area contributed by atoms with E-state index >= 15 is 0 Å². The van der Waals surface area contributed by atoms with Crippen LogP contribution < -0.4 is 9.74 Å². The fourth-order valence-corrected chi connectivity index (χ4v) is 5.14. The average Bonchev–Trinajstić information content (AvgIpc) is 3.01. The summed E-state index contributed by atoms with van der Waals surface area (Å²) in [6.45, 7) is 3.82. The third-order valence-corrected chi connectivity index (χ3v) is 6.48. The van der Waals surface area contributed by atoms with Gasteiger partial charge in [-0.25, -0.2) is 9.97 Å². The number of nitrogens with zero attached hydrogens (tertiary/aromatic N) is 3. The molecule has 144 valence electrons. The van der Waals surface area contributed by atoms with Gasteiger partial charge in [0, 0.05) is 17.6 Å². The minimum absolute atomic E-state index is 0.0450. The summed E-state index contributed by atoms with van der Waals surface area (Å²) < 4.78 is 31.2. The Hall–Kier alpha value is -2.78. The van der Waals surface area contributed by atoms with Crippen molar-refractivity contribution in [2.75, 3.05) is 5.75 Å². The van der Waals surface area contributed by atoms with E-state index in [0.717, 1.165) is 21.5 Å². The van der Waals surface area contributed by atoms with Gasteiger partial charge in [0.15, 0.2) is 0 Å². The van der Waals surface area contributed by atoms with Gasteiger partial charge in [-0.2, -0.15) is 8.42 Å². The van der Waals surface area contributed by atoms with Crippen LogP contribution in [0.5, 0.6) is 5.75 Å². The quantitative estimate of drug-likeness (QED) is 0.465. The zero-order valence-corrected chi connectivity index (χ0v) is 16.9. The van der Waals surface area contributed by atoms with Gasteiger partial charge in [0.1, 0.15) is 21.0 Å². The molecule has 0 saturated heterocycles. The van der Waals surface area contributed by atoms with E-state index in [1.54, 1.807) is 30.3 Å². The first-order valence-corrected chi connectivity index (χ1v) is 11.0. The van der Waals surface area contributed by atoms with E-state index in [2.05, 4.69) is 9.97 Å². The number of rotatable bonds is 5. The number of thiophene rings is 1. The van der Waals surface area contributed by atoms with Crippen LogP contribution in [0.4, 0.5) is 0 Å². The maximum absolute atomic E-state index is 12.8. The van der Waals surface area contributed by atoms with Crippen molar-refractivity contribution in [1.82, 2.24) is 14.5 Å². The molecule has 28 heavy (non-hydrogen) atoms. The third kappa shape index (κ3) is 3.50. The van der Waals surface area contributed by atoms with E-state index in [1.165, 1.54) is 22.2 Å². The van der Waals surface area contributed by atoms with Gasteiger partial charge in [-0.3, -0.25) is 9.36 Å². The van der Waals surface area contributed by atoms with Crippen molar-refractivity contribution in [2.45, 2.75) is 20.4 Å². The molecular formula is C19H17N3O4S2. The summed E-state index contributed by atoms with van der Waals surface area (Å²) in [5, 5.41) is 0.870. The highest BCUT2D eigenvalue weighted by molar-refractivity contribution is 7.87. The predicted molar refractivity (Wildman–Crippen MR) is 110 cm³/mol. The largest absolute Gasteiger partial charge is 0.382 e. The molecule has 3 heterocycles. The van der Waals surface area contributed by atoms with Crippen molar-refractivity contribution in [1.29, 1.82) is 0 Å². The number of aromatic nitrogens is 3. The molecule has 3 aromatic heterocycles. The Balaban J connectivity index is 1.65. The molecule has 0 saturated carbocycles. The van der Waals surface area contributed by atoms with Gasteiger partial charge in [0.25, 0.3) is 5.56 Å². The summed E-state index contributed by atoms with van der Waals surface area (Å²) in [6.07, 6.45) is 1.38. The molecule has 1 aromatic carbocycles. The lowest BCUT2D eigenvalue weighted by Gasteiger charge is -2.08. The average molecular weight is 415 g/mol. The number of fused-ring (bicyclic) bond motifs is 3. The van der Waals surface area contributed by atoms with Crippen LogP contribution in [0.15, 0.2) is 47.5 Å². The Morgan fingerprint density at radius 3 is 2.68 bits per heavy atom. The van der Waals surface area contributed by atoms with Crippen molar-refractivity contribution < 1.29 is 12.6 Å². The SMILES string of the molecule is Cc1cc(C)c2c(n1)sc1c(=O)n(CCS(=O)(=O)Oc3ccccc3)cnc12. The van der Waals surface area contributed by atoms with Crippen LogP contribution in [0.3, 0.4) is 0 Å². The molecule has 0 aliphatic rings. The molecule has 0 spiro atoms. The molecule has 0 amide bonds. The number of para-hydroxylation sites is 1. The minimum Gasteiger partial charge on any atom is -0.382 e. The van der Waals surface area contributed by atoms with E-state index in [4.69, 9.17) is 4.18 Å². The molecule has 9 heteroatoms. The molecule has 4 rings (SSSR count). The van der Waals surface area contributed by atoms with Crippen molar-refractivity contribution in [2.24, 2.45) is 0 Å². The van der Waals surface area contributed by atoms with Crippen LogP contribution in [-0.4, -0.2) is 28.7 Å². The Labute approximate surface area is 165 Å². The summed E-state index contributed by atoms with van der Waals surface area (Å²) in [5.74, 6) is -0.0964. The lowest BCUT2D eigenvalue weighted by molar-refractivity contribution is 0.480. The second-order valence-corrected chi connectivity index (χ2v) is 9.13. The molecule has 0 unspecified atom stereocenters.